The number of benzene rings is 1. The molecule has 3 rings (SSSR count). The molecule has 0 spiro atoms. The topological polar surface area (TPSA) is 78.2 Å². The first-order valence-electron chi connectivity index (χ1n) is 6.48. The van der Waals surface area contributed by atoms with E-state index in [9.17, 15) is 9.59 Å². The van der Waals surface area contributed by atoms with Crippen molar-refractivity contribution in [3.8, 4) is 0 Å². The standard InChI is InChI=1S/C14H15N3O3/c18-13-11-6-7-17(8-12(11)15-16-13)14(19)20-9-10-4-2-1-3-5-10/h1-5H,6-9H2,(H2,15,16,18). The largest absolute Gasteiger partial charge is 0.445 e. The molecule has 1 amide bonds. The van der Waals surface area contributed by atoms with E-state index in [1.165, 1.54) is 0 Å². The number of rotatable bonds is 2. The molecule has 1 aliphatic heterocycles. The number of ether oxygens (including phenoxy) is 1. The second kappa shape index (κ2) is 5.24. The zero-order chi connectivity index (χ0) is 13.9. The van der Waals surface area contributed by atoms with E-state index in [4.69, 9.17) is 4.74 Å². The van der Waals surface area contributed by atoms with Gasteiger partial charge < -0.3 is 14.7 Å². The molecule has 104 valence electrons. The second-order valence-electron chi connectivity index (χ2n) is 4.75. The summed E-state index contributed by atoms with van der Waals surface area (Å²) in [6, 6.07) is 9.54. The average molecular weight is 273 g/mol. The summed E-state index contributed by atoms with van der Waals surface area (Å²) < 4.78 is 5.27. The molecule has 0 fully saturated rings. The molecule has 2 heterocycles. The molecule has 0 radical (unpaired) electrons. The molecule has 2 N–H and O–H groups in total. The molecule has 0 saturated heterocycles. The Morgan fingerprint density at radius 2 is 2.05 bits per heavy atom. The van der Waals surface area contributed by atoms with E-state index < -0.39 is 0 Å². The highest BCUT2D eigenvalue weighted by Crippen LogP contribution is 2.14. The second-order valence-corrected chi connectivity index (χ2v) is 4.75. The monoisotopic (exact) mass is 273 g/mol. The van der Waals surface area contributed by atoms with Gasteiger partial charge in [0, 0.05) is 12.1 Å². The molecule has 0 bridgehead atoms. The number of amides is 1. The van der Waals surface area contributed by atoms with Gasteiger partial charge in [-0.15, -0.1) is 0 Å². The number of aromatic amines is 2. The summed E-state index contributed by atoms with van der Waals surface area (Å²) in [5.74, 6) is 0. The lowest BCUT2D eigenvalue weighted by Crippen LogP contribution is -2.37. The Morgan fingerprint density at radius 3 is 2.85 bits per heavy atom. The number of fused-ring (bicyclic) bond motifs is 1. The first-order chi connectivity index (χ1) is 9.74. The van der Waals surface area contributed by atoms with Gasteiger partial charge in [-0.25, -0.2) is 4.79 Å². The van der Waals surface area contributed by atoms with Crippen LogP contribution in [0.15, 0.2) is 35.1 Å². The van der Waals surface area contributed by atoms with Gasteiger partial charge in [-0.05, 0) is 12.0 Å². The van der Waals surface area contributed by atoms with Gasteiger partial charge in [0.25, 0.3) is 5.56 Å². The molecule has 2 aromatic rings. The smallest absolute Gasteiger partial charge is 0.410 e. The van der Waals surface area contributed by atoms with Crippen LogP contribution in [0.5, 0.6) is 0 Å². The predicted octanol–water partition coefficient (Wildman–Crippen LogP) is 1.40. The van der Waals surface area contributed by atoms with E-state index in [1.54, 1.807) is 4.90 Å². The molecule has 0 atom stereocenters. The Kier molecular flexibility index (Phi) is 3.28. The first-order valence-corrected chi connectivity index (χ1v) is 6.48. The Balaban J connectivity index is 1.60. The third kappa shape index (κ3) is 2.45. The minimum Gasteiger partial charge on any atom is -0.445 e. The maximum Gasteiger partial charge on any atom is 0.410 e. The molecule has 0 aliphatic carbocycles. The molecular formula is C14H15N3O3. The van der Waals surface area contributed by atoms with Crippen LogP contribution in [0.2, 0.25) is 0 Å². The molecule has 6 heteroatoms. The van der Waals surface area contributed by atoms with Crippen molar-refractivity contribution in [3.63, 3.8) is 0 Å². The summed E-state index contributed by atoms with van der Waals surface area (Å²) in [4.78, 5) is 25.0. The fraction of sp³-hybridized carbons (Fsp3) is 0.286. The predicted molar refractivity (Wildman–Crippen MR) is 72.2 cm³/mol. The van der Waals surface area contributed by atoms with Crippen molar-refractivity contribution >= 4 is 6.09 Å². The van der Waals surface area contributed by atoms with Crippen LogP contribution < -0.4 is 5.56 Å². The van der Waals surface area contributed by atoms with Crippen molar-refractivity contribution in [2.45, 2.75) is 19.6 Å². The van der Waals surface area contributed by atoms with Crippen molar-refractivity contribution in [3.05, 3.63) is 57.5 Å². The van der Waals surface area contributed by atoms with E-state index in [0.717, 1.165) is 16.8 Å². The van der Waals surface area contributed by atoms with Crippen molar-refractivity contribution in [2.24, 2.45) is 0 Å². The van der Waals surface area contributed by atoms with Crippen LogP contribution in [0, 0.1) is 0 Å². The van der Waals surface area contributed by atoms with Gasteiger partial charge in [0.1, 0.15) is 6.61 Å². The van der Waals surface area contributed by atoms with Crippen molar-refractivity contribution in [1.82, 2.24) is 15.1 Å². The van der Waals surface area contributed by atoms with Crippen molar-refractivity contribution in [2.75, 3.05) is 6.54 Å². The Morgan fingerprint density at radius 1 is 1.25 bits per heavy atom. The van der Waals surface area contributed by atoms with Crippen LogP contribution in [-0.4, -0.2) is 27.7 Å². The molecule has 1 aromatic carbocycles. The van der Waals surface area contributed by atoms with Crippen molar-refractivity contribution < 1.29 is 9.53 Å². The summed E-state index contributed by atoms with van der Waals surface area (Å²) in [5, 5.41) is 5.33. The van der Waals surface area contributed by atoms with E-state index in [0.29, 0.717) is 19.5 Å². The van der Waals surface area contributed by atoms with Gasteiger partial charge in [0.15, 0.2) is 0 Å². The number of carbonyl (C=O) groups excluding carboxylic acids is 1. The van der Waals surface area contributed by atoms with Gasteiger partial charge in [-0.3, -0.25) is 9.89 Å². The molecule has 20 heavy (non-hydrogen) atoms. The van der Waals surface area contributed by atoms with E-state index in [2.05, 4.69) is 10.2 Å². The van der Waals surface area contributed by atoms with Crippen LogP contribution in [-0.2, 0) is 24.3 Å². The maximum absolute atomic E-state index is 12.0. The number of aromatic nitrogens is 2. The van der Waals surface area contributed by atoms with Crippen LogP contribution in [0.4, 0.5) is 4.79 Å². The molecule has 0 saturated carbocycles. The van der Waals surface area contributed by atoms with Crippen molar-refractivity contribution in [1.29, 1.82) is 0 Å². The van der Waals surface area contributed by atoms with Crippen LogP contribution >= 0.6 is 0 Å². The first kappa shape index (κ1) is 12.5. The summed E-state index contributed by atoms with van der Waals surface area (Å²) in [5.41, 5.74) is 2.35. The minimum atomic E-state index is -0.360. The van der Waals surface area contributed by atoms with Crippen LogP contribution in [0.3, 0.4) is 0 Å². The summed E-state index contributed by atoms with van der Waals surface area (Å²) in [6.07, 6.45) is 0.191. The van der Waals surface area contributed by atoms with Gasteiger partial charge in [-0.2, -0.15) is 0 Å². The lowest BCUT2D eigenvalue weighted by atomic mass is 10.1. The number of nitrogens with zero attached hydrogens (tertiary/aromatic N) is 1. The highest BCUT2D eigenvalue weighted by atomic mass is 16.6. The highest BCUT2D eigenvalue weighted by Gasteiger charge is 2.24. The molecular weight excluding hydrogens is 258 g/mol. The van der Waals surface area contributed by atoms with Crippen LogP contribution in [0.1, 0.15) is 16.8 Å². The fourth-order valence-corrected chi connectivity index (χ4v) is 2.30. The van der Waals surface area contributed by atoms with Gasteiger partial charge in [0.2, 0.25) is 0 Å². The molecule has 0 unspecified atom stereocenters. The number of H-pyrrole nitrogens is 2. The van der Waals surface area contributed by atoms with E-state index in [1.807, 2.05) is 30.3 Å². The summed E-state index contributed by atoms with van der Waals surface area (Å²) in [7, 11) is 0. The van der Waals surface area contributed by atoms with Gasteiger partial charge >= 0.3 is 6.09 Å². The van der Waals surface area contributed by atoms with Crippen LogP contribution in [0.25, 0.3) is 0 Å². The number of carbonyl (C=O) groups is 1. The molecule has 6 nitrogen and oxygen atoms in total. The zero-order valence-corrected chi connectivity index (χ0v) is 10.9. The number of hydrogen-bond acceptors (Lipinski definition) is 3. The maximum atomic E-state index is 12.0. The van der Waals surface area contributed by atoms with E-state index >= 15 is 0 Å². The Labute approximate surface area is 115 Å². The molecule has 1 aromatic heterocycles. The Bertz CT molecular complexity index is 660. The highest BCUT2D eigenvalue weighted by molar-refractivity contribution is 5.68. The normalized spacial score (nSPS) is 13.9. The SMILES string of the molecule is O=C(OCc1ccccc1)N1CCc2c([nH][nH]c2=O)C1. The third-order valence-electron chi connectivity index (χ3n) is 3.41. The molecule has 1 aliphatic rings. The average Bonchev–Trinajstić information content (AvgIpc) is 2.87. The third-order valence-corrected chi connectivity index (χ3v) is 3.41. The quantitative estimate of drug-likeness (QED) is 0.868. The summed E-state index contributed by atoms with van der Waals surface area (Å²) >= 11 is 0. The minimum absolute atomic E-state index is 0.0997. The lowest BCUT2D eigenvalue weighted by Gasteiger charge is -2.25. The number of nitrogens with one attached hydrogen (secondary N) is 2. The fourth-order valence-electron chi connectivity index (χ4n) is 2.30. The summed E-state index contributed by atoms with van der Waals surface area (Å²) in [6.45, 7) is 1.13. The van der Waals surface area contributed by atoms with Gasteiger partial charge in [0.05, 0.1) is 12.2 Å². The lowest BCUT2D eigenvalue weighted by molar-refractivity contribution is 0.0914. The zero-order valence-electron chi connectivity index (χ0n) is 10.9. The van der Waals surface area contributed by atoms with E-state index in [-0.39, 0.29) is 18.3 Å². The number of hydrogen-bond donors (Lipinski definition) is 2. The Hall–Kier alpha value is -2.50. The van der Waals surface area contributed by atoms with Gasteiger partial charge in [-0.1, -0.05) is 30.3 Å².